The lowest BCUT2D eigenvalue weighted by atomic mass is 9.44. The molecule has 5 rings (SSSR count). The number of fused-ring (bicyclic) bond motifs is 4. The van der Waals surface area contributed by atoms with E-state index in [1.807, 2.05) is 0 Å². The summed E-state index contributed by atoms with van der Waals surface area (Å²) in [6.07, 6.45) is 14.8. The monoisotopic (exact) mass is 402 g/mol. The molecule has 0 bridgehead atoms. The molecule has 29 heavy (non-hydrogen) atoms. The highest BCUT2D eigenvalue weighted by molar-refractivity contribution is 5.24. The quantitative estimate of drug-likeness (QED) is 0.525. The molecule has 1 N–H and O–H groups in total. The molecule has 0 amide bonds. The van der Waals surface area contributed by atoms with E-state index >= 15 is 0 Å². The van der Waals surface area contributed by atoms with Gasteiger partial charge in [-0.1, -0.05) is 53.9 Å². The number of hydrogen-bond acceptors (Lipinski definition) is 2. The highest BCUT2D eigenvalue weighted by Gasteiger charge is 2.76. The highest BCUT2D eigenvalue weighted by atomic mass is 16.6. The SMILES string of the molecule is CC(C)CCC[C@@H](C)[C@H]1CC[C@H]2[C@@H]3CC[C@@]45O[C@@H]4[C@@H](O)CC[C@]5(C)[C@H]3CC[C@]12C. The largest absolute Gasteiger partial charge is 0.390 e. The van der Waals surface area contributed by atoms with Crippen LogP contribution in [0.25, 0.3) is 0 Å². The van der Waals surface area contributed by atoms with Gasteiger partial charge in [-0.05, 0) is 92.3 Å². The minimum atomic E-state index is -0.198. The first-order valence-corrected chi connectivity index (χ1v) is 13.1. The summed E-state index contributed by atoms with van der Waals surface area (Å²) in [5, 5.41) is 10.4. The molecular weight excluding hydrogens is 356 g/mol. The first kappa shape index (κ1) is 20.8. The zero-order chi connectivity index (χ0) is 20.6. The summed E-state index contributed by atoms with van der Waals surface area (Å²) in [4.78, 5) is 0. The van der Waals surface area contributed by atoms with Gasteiger partial charge in [-0.15, -0.1) is 0 Å². The Balaban J connectivity index is 1.32. The Morgan fingerprint density at radius 3 is 2.45 bits per heavy atom. The van der Waals surface area contributed by atoms with Crippen LogP contribution in [0.5, 0.6) is 0 Å². The minimum Gasteiger partial charge on any atom is -0.390 e. The Kier molecular flexibility index (Phi) is 4.99. The topological polar surface area (TPSA) is 32.8 Å². The summed E-state index contributed by atoms with van der Waals surface area (Å²) in [6.45, 7) is 12.6. The maximum absolute atomic E-state index is 10.4. The van der Waals surface area contributed by atoms with Crippen molar-refractivity contribution in [1.29, 1.82) is 0 Å². The fourth-order valence-electron chi connectivity index (χ4n) is 9.72. The predicted molar refractivity (Wildman–Crippen MR) is 119 cm³/mol. The molecule has 1 heterocycles. The van der Waals surface area contributed by atoms with Crippen LogP contribution in [0, 0.1) is 46.3 Å². The second-order valence-corrected chi connectivity index (χ2v) is 12.9. The van der Waals surface area contributed by atoms with E-state index in [0.29, 0.717) is 10.8 Å². The van der Waals surface area contributed by atoms with Crippen LogP contribution in [0.3, 0.4) is 0 Å². The lowest BCUT2D eigenvalue weighted by Gasteiger charge is -2.60. The van der Waals surface area contributed by atoms with Crippen LogP contribution in [0.15, 0.2) is 0 Å². The Bertz CT molecular complexity index is 630. The van der Waals surface area contributed by atoms with E-state index in [-0.39, 0.29) is 17.8 Å². The fraction of sp³-hybridized carbons (Fsp3) is 1.00. The predicted octanol–water partition coefficient (Wildman–Crippen LogP) is 6.60. The molecule has 4 saturated carbocycles. The zero-order valence-electron chi connectivity index (χ0n) is 19.8. The number of epoxide rings is 1. The van der Waals surface area contributed by atoms with E-state index in [1.54, 1.807) is 0 Å². The van der Waals surface area contributed by atoms with Crippen LogP contribution in [0.2, 0.25) is 0 Å². The minimum absolute atomic E-state index is 0.0434. The Morgan fingerprint density at radius 1 is 0.897 bits per heavy atom. The first-order valence-electron chi connectivity index (χ1n) is 13.1. The number of aliphatic hydroxyl groups excluding tert-OH is 1. The van der Waals surface area contributed by atoms with Crippen molar-refractivity contribution in [2.24, 2.45) is 46.3 Å². The normalized spacial score (nSPS) is 54.3. The van der Waals surface area contributed by atoms with Gasteiger partial charge in [0.05, 0.1) is 6.10 Å². The number of hydrogen-bond donors (Lipinski definition) is 1. The molecule has 5 aliphatic rings. The van der Waals surface area contributed by atoms with Gasteiger partial charge in [-0.25, -0.2) is 0 Å². The van der Waals surface area contributed by atoms with Gasteiger partial charge in [0.1, 0.15) is 11.7 Å². The molecule has 0 aromatic carbocycles. The Labute approximate surface area is 179 Å². The fourth-order valence-corrected chi connectivity index (χ4v) is 9.72. The van der Waals surface area contributed by atoms with Crippen LogP contribution in [0.1, 0.15) is 105 Å². The molecule has 2 nitrogen and oxygen atoms in total. The van der Waals surface area contributed by atoms with Crippen LogP contribution in [-0.2, 0) is 4.74 Å². The highest BCUT2D eigenvalue weighted by Crippen LogP contribution is 2.73. The molecule has 10 atom stereocenters. The van der Waals surface area contributed by atoms with Crippen molar-refractivity contribution >= 4 is 0 Å². The van der Waals surface area contributed by atoms with Crippen LogP contribution in [0.4, 0.5) is 0 Å². The van der Waals surface area contributed by atoms with Gasteiger partial charge in [-0.3, -0.25) is 0 Å². The van der Waals surface area contributed by atoms with Crippen LogP contribution in [-0.4, -0.2) is 22.9 Å². The molecule has 0 radical (unpaired) electrons. The van der Waals surface area contributed by atoms with Gasteiger partial charge in [0.15, 0.2) is 0 Å². The van der Waals surface area contributed by atoms with Crippen molar-refractivity contribution in [3.8, 4) is 0 Å². The molecule has 0 aromatic heterocycles. The van der Waals surface area contributed by atoms with Crippen molar-refractivity contribution in [3.05, 3.63) is 0 Å². The zero-order valence-corrected chi connectivity index (χ0v) is 19.8. The molecule has 4 aliphatic carbocycles. The summed E-state index contributed by atoms with van der Waals surface area (Å²) in [5.74, 6) is 5.38. The second kappa shape index (κ2) is 6.96. The van der Waals surface area contributed by atoms with Gasteiger partial charge in [-0.2, -0.15) is 0 Å². The maximum Gasteiger partial charge on any atom is 0.114 e. The van der Waals surface area contributed by atoms with E-state index < -0.39 is 0 Å². The van der Waals surface area contributed by atoms with Gasteiger partial charge in [0, 0.05) is 5.41 Å². The molecule has 1 aliphatic heterocycles. The number of aliphatic hydroxyl groups is 1. The van der Waals surface area contributed by atoms with Crippen molar-refractivity contribution in [3.63, 3.8) is 0 Å². The Morgan fingerprint density at radius 2 is 1.69 bits per heavy atom. The summed E-state index contributed by atoms with van der Waals surface area (Å²) in [6, 6.07) is 0. The van der Waals surface area contributed by atoms with Crippen LogP contribution >= 0.6 is 0 Å². The van der Waals surface area contributed by atoms with Gasteiger partial charge in [0.25, 0.3) is 0 Å². The summed E-state index contributed by atoms with van der Waals surface area (Å²) < 4.78 is 6.34. The summed E-state index contributed by atoms with van der Waals surface area (Å²) in [5.41, 5.74) is 0.946. The van der Waals surface area contributed by atoms with Crippen molar-refractivity contribution in [1.82, 2.24) is 0 Å². The second-order valence-electron chi connectivity index (χ2n) is 12.9. The third-order valence-electron chi connectivity index (χ3n) is 11.3. The van der Waals surface area contributed by atoms with E-state index in [0.717, 1.165) is 41.9 Å². The van der Waals surface area contributed by atoms with E-state index in [1.165, 1.54) is 64.2 Å². The molecule has 5 fully saturated rings. The lowest BCUT2D eigenvalue weighted by Crippen LogP contribution is -2.58. The van der Waals surface area contributed by atoms with Gasteiger partial charge >= 0.3 is 0 Å². The average Bonchev–Trinajstić information content (AvgIpc) is 3.31. The molecule has 1 saturated heterocycles. The van der Waals surface area contributed by atoms with Gasteiger partial charge < -0.3 is 9.84 Å². The Hall–Kier alpha value is -0.0800. The maximum atomic E-state index is 10.4. The molecule has 2 heteroatoms. The third-order valence-corrected chi connectivity index (χ3v) is 11.3. The van der Waals surface area contributed by atoms with E-state index in [2.05, 4.69) is 34.6 Å². The standard InChI is InChI=1S/C27H46O2/c1-17(2)7-6-8-18(3)20-9-10-21-19-11-16-27-24(29-27)23(28)13-15-26(27,5)22(19)12-14-25(20,21)4/h17-24,28H,6-16H2,1-5H3/t18-,19+,20-,21+,22+,23+,24-,25-,26-,27-/m1/s1. The summed E-state index contributed by atoms with van der Waals surface area (Å²) in [7, 11) is 0. The molecule has 0 unspecified atom stereocenters. The molecule has 166 valence electrons. The average molecular weight is 403 g/mol. The van der Waals surface area contributed by atoms with Gasteiger partial charge in [0.2, 0.25) is 0 Å². The van der Waals surface area contributed by atoms with Crippen molar-refractivity contribution in [2.45, 2.75) is 123 Å². The lowest BCUT2D eigenvalue weighted by molar-refractivity contribution is -0.120. The molecular formula is C27H46O2. The van der Waals surface area contributed by atoms with Crippen molar-refractivity contribution in [2.75, 3.05) is 0 Å². The summed E-state index contributed by atoms with van der Waals surface area (Å²) >= 11 is 0. The van der Waals surface area contributed by atoms with Crippen molar-refractivity contribution < 1.29 is 9.84 Å². The smallest absolute Gasteiger partial charge is 0.114 e. The first-order chi connectivity index (χ1) is 13.7. The third kappa shape index (κ3) is 2.86. The molecule has 0 aromatic rings. The molecule has 1 spiro atoms. The number of ether oxygens (including phenoxy) is 1. The van der Waals surface area contributed by atoms with E-state index in [4.69, 9.17) is 4.74 Å². The number of rotatable bonds is 5. The van der Waals surface area contributed by atoms with E-state index in [9.17, 15) is 5.11 Å². The van der Waals surface area contributed by atoms with Crippen LogP contribution < -0.4 is 0 Å².